The van der Waals surface area contributed by atoms with Gasteiger partial charge in [-0.1, -0.05) is 12.1 Å². The summed E-state index contributed by atoms with van der Waals surface area (Å²) >= 11 is 0. The van der Waals surface area contributed by atoms with E-state index in [-0.39, 0.29) is 23.4 Å². The molecular weight excluding hydrogens is 255 g/mol. The number of para-hydroxylation sites is 1. The molecule has 1 unspecified atom stereocenters. The molecule has 1 aromatic rings. The molecule has 2 rings (SSSR count). The SMILES string of the molecule is CC(N)c1cccc(F)c1N1CCS(=O)(=O)CC1. The lowest BCUT2D eigenvalue weighted by Crippen LogP contribution is -2.41. The number of benzene rings is 1. The van der Waals surface area contributed by atoms with Crippen molar-refractivity contribution in [1.29, 1.82) is 0 Å². The van der Waals surface area contributed by atoms with Gasteiger partial charge in [0.2, 0.25) is 0 Å². The first kappa shape index (κ1) is 13.3. The predicted octanol–water partition coefficient (Wildman–Crippen LogP) is 1.08. The van der Waals surface area contributed by atoms with Crippen LogP contribution in [-0.4, -0.2) is 33.0 Å². The predicted molar refractivity (Wildman–Crippen MR) is 69.9 cm³/mol. The van der Waals surface area contributed by atoms with E-state index < -0.39 is 9.84 Å². The highest BCUT2D eigenvalue weighted by atomic mass is 32.2. The topological polar surface area (TPSA) is 63.4 Å². The average molecular weight is 272 g/mol. The van der Waals surface area contributed by atoms with Crippen LogP contribution < -0.4 is 10.6 Å². The van der Waals surface area contributed by atoms with Crippen molar-refractivity contribution >= 4 is 15.5 Å². The van der Waals surface area contributed by atoms with E-state index in [4.69, 9.17) is 5.73 Å². The van der Waals surface area contributed by atoms with Crippen LogP contribution in [0.5, 0.6) is 0 Å². The van der Waals surface area contributed by atoms with Gasteiger partial charge in [0.15, 0.2) is 9.84 Å². The molecule has 1 saturated heterocycles. The molecule has 6 heteroatoms. The molecule has 0 aliphatic carbocycles. The van der Waals surface area contributed by atoms with E-state index in [0.29, 0.717) is 24.3 Å². The highest BCUT2D eigenvalue weighted by molar-refractivity contribution is 7.91. The Morgan fingerprint density at radius 1 is 1.33 bits per heavy atom. The summed E-state index contributed by atoms with van der Waals surface area (Å²) in [5.41, 5.74) is 7.00. The maximum absolute atomic E-state index is 13.9. The summed E-state index contributed by atoms with van der Waals surface area (Å²) in [6.07, 6.45) is 0. The van der Waals surface area contributed by atoms with Gasteiger partial charge in [0, 0.05) is 19.1 Å². The van der Waals surface area contributed by atoms with Gasteiger partial charge in [-0.2, -0.15) is 0 Å². The Balaban J connectivity index is 2.34. The van der Waals surface area contributed by atoms with Crippen molar-refractivity contribution < 1.29 is 12.8 Å². The normalized spacial score (nSPS) is 20.7. The van der Waals surface area contributed by atoms with Crippen LogP contribution in [0.1, 0.15) is 18.5 Å². The zero-order chi connectivity index (χ0) is 13.3. The zero-order valence-electron chi connectivity index (χ0n) is 10.3. The average Bonchev–Trinajstić information content (AvgIpc) is 2.29. The van der Waals surface area contributed by atoms with Gasteiger partial charge >= 0.3 is 0 Å². The smallest absolute Gasteiger partial charge is 0.153 e. The molecule has 0 saturated carbocycles. The van der Waals surface area contributed by atoms with E-state index in [2.05, 4.69) is 0 Å². The van der Waals surface area contributed by atoms with Crippen LogP contribution in [0.25, 0.3) is 0 Å². The van der Waals surface area contributed by atoms with Crippen LogP contribution in [0.3, 0.4) is 0 Å². The molecule has 0 spiro atoms. The Bertz CT molecular complexity index is 529. The largest absolute Gasteiger partial charge is 0.367 e. The standard InChI is InChI=1S/C12H17FN2O2S/c1-9(14)10-3-2-4-11(13)12(10)15-5-7-18(16,17)8-6-15/h2-4,9H,5-8,14H2,1H3. The lowest BCUT2D eigenvalue weighted by Gasteiger charge is -2.31. The van der Waals surface area contributed by atoms with E-state index >= 15 is 0 Å². The summed E-state index contributed by atoms with van der Waals surface area (Å²) in [4.78, 5) is 1.77. The third-order valence-electron chi connectivity index (χ3n) is 3.17. The van der Waals surface area contributed by atoms with Gasteiger partial charge in [-0.3, -0.25) is 0 Å². The van der Waals surface area contributed by atoms with Gasteiger partial charge in [0.05, 0.1) is 17.2 Å². The van der Waals surface area contributed by atoms with Gasteiger partial charge in [0.25, 0.3) is 0 Å². The lowest BCUT2D eigenvalue weighted by atomic mass is 10.1. The van der Waals surface area contributed by atoms with E-state index in [0.717, 1.165) is 0 Å². The van der Waals surface area contributed by atoms with Gasteiger partial charge in [-0.05, 0) is 18.6 Å². The number of hydrogen-bond donors (Lipinski definition) is 1. The number of hydrogen-bond acceptors (Lipinski definition) is 4. The van der Waals surface area contributed by atoms with E-state index in [1.165, 1.54) is 6.07 Å². The zero-order valence-corrected chi connectivity index (χ0v) is 11.1. The van der Waals surface area contributed by atoms with Crippen molar-refractivity contribution in [2.75, 3.05) is 29.5 Å². The molecule has 18 heavy (non-hydrogen) atoms. The molecule has 0 radical (unpaired) electrons. The third kappa shape index (κ3) is 2.64. The van der Waals surface area contributed by atoms with E-state index in [9.17, 15) is 12.8 Å². The first-order chi connectivity index (χ1) is 8.41. The Morgan fingerprint density at radius 2 is 1.94 bits per heavy atom. The maximum Gasteiger partial charge on any atom is 0.153 e. The third-order valence-corrected chi connectivity index (χ3v) is 4.78. The monoisotopic (exact) mass is 272 g/mol. The molecule has 0 bridgehead atoms. The molecule has 1 fully saturated rings. The van der Waals surface area contributed by atoms with Crippen LogP contribution in [0.4, 0.5) is 10.1 Å². The summed E-state index contributed by atoms with van der Waals surface area (Å²) in [6.45, 7) is 2.44. The fourth-order valence-electron chi connectivity index (χ4n) is 2.17. The summed E-state index contributed by atoms with van der Waals surface area (Å²) < 4.78 is 36.7. The number of sulfone groups is 1. The summed E-state index contributed by atoms with van der Waals surface area (Å²) in [5.74, 6) is -0.205. The highest BCUT2D eigenvalue weighted by Crippen LogP contribution is 2.29. The Hall–Kier alpha value is -1.14. The van der Waals surface area contributed by atoms with Gasteiger partial charge < -0.3 is 10.6 Å². The molecule has 0 amide bonds. The van der Waals surface area contributed by atoms with E-state index in [1.54, 1.807) is 24.0 Å². The molecule has 1 atom stereocenters. The molecule has 1 aliphatic heterocycles. The second kappa shape index (κ2) is 4.85. The van der Waals surface area contributed by atoms with E-state index in [1.807, 2.05) is 0 Å². The van der Waals surface area contributed by atoms with Crippen LogP contribution in [0.2, 0.25) is 0 Å². The fraction of sp³-hybridized carbons (Fsp3) is 0.500. The summed E-state index contributed by atoms with van der Waals surface area (Å²) in [7, 11) is -2.96. The molecule has 1 aromatic carbocycles. The number of nitrogens with zero attached hydrogens (tertiary/aromatic N) is 1. The molecule has 1 aliphatic rings. The van der Waals surface area contributed by atoms with Crippen molar-refractivity contribution in [3.8, 4) is 0 Å². The second-order valence-electron chi connectivity index (χ2n) is 4.61. The van der Waals surface area contributed by atoms with Crippen LogP contribution in [0, 0.1) is 5.82 Å². The quantitative estimate of drug-likeness (QED) is 0.875. The lowest BCUT2D eigenvalue weighted by molar-refractivity contribution is 0.580. The number of rotatable bonds is 2. The number of anilines is 1. The molecule has 2 N–H and O–H groups in total. The minimum Gasteiger partial charge on any atom is -0.367 e. The van der Waals surface area contributed by atoms with Crippen molar-refractivity contribution in [1.82, 2.24) is 0 Å². The molecule has 0 aromatic heterocycles. The van der Waals surface area contributed by atoms with Crippen LogP contribution in [-0.2, 0) is 9.84 Å². The minimum atomic E-state index is -2.96. The van der Waals surface area contributed by atoms with Gasteiger partial charge in [-0.25, -0.2) is 12.8 Å². The number of halogens is 1. The fourth-order valence-corrected chi connectivity index (χ4v) is 3.37. The second-order valence-corrected chi connectivity index (χ2v) is 6.91. The molecular formula is C12H17FN2O2S. The van der Waals surface area contributed by atoms with Crippen LogP contribution >= 0.6 is 0 Å². The Labute approximate surface area is 107 Å². The van der Waals surface area contributed by atoms with Crippen LogP contribution in [0.15, 0.2) is 18.2 Å². The molecule has 100 valence electrons. The summed E-state index contributed by atoms with van der Waals surface area (Å²) in [5, 5.41) is 0. The van der Waals surface area contributed by atoms with Crippen molar-refractivity contribution in [3.05, 3.63) is 29.6 Å². The highest BCUT2D eigenvalue weighted by Gasteiger charge is 2.25. The Kier molecular flexibility index (Phi) is 3.59. The van der Waals surface area contributed by atoms with Crippen molar-refractivity contribution in [2.24, 2.45) is 5.73 Å². The van der Waals surface area contributed by atoms with Crippen molar-refractivity contribution in [3.63, 3.8) is 0 Å². The van der Waals surface area contributed by atoms with Gasteiger partial charge in [0.1, 0.15) is 5.82 Å². The maximum atomic E-state index is 13.9. The molecule has 4 nitrogen and oxygen atoms in total. The number of nitrogens with two attached hydrogens (primary N) is 1. The van der Waals surface area contributed by atoms with Crippen molar-refractivity contribution in [2.45, 2.75) is 13.0 Å². The molecule has 1 heterocycles. The Morgan fingerprint density at radius 3 is 2.50 bits per heavy atom. The van der Waals surface area contributed by atoms with Gasteiger partial charge in [-0.15, -0.1) is 0 Å². The first-order valence-corrected chi connectivity index (χ1v) is 7.72. The first-order valence-electron chi connectivity index (χ1n) is 5.90. The minimum absolute atomic E-state index is 0.0692. The summed E-state index contributed by atoms with van der Waals surface area (Å²) in [6, 6.07) is 4.50.